The zero-order valence-corrected chi connectivity index (χ0v) is 11.5. The van der Waals surface area contributed by atoms with E-state index < -0.39 is 0 Å². The fourth-order valence-electron chi connectivity index (χ4n) is 2.14. The van der Waals surface area contributed by atoms with E-state index in [-0.39, 0.29) is 18.1 Å². The van der Waals surface area contributed by atoms with Crippen LogP contribution in [0.1, 0.15) is 19.4 Å². The van der Waals surface area contributed by atoms with E-state index in [4.69, 9.17) is 9.47 Å². The zero-order valence-electron chi connectivity index (χ0n) is 11.5. The number of ether oxygens (including phenoxy) is 2. The number of hydrogen-bond donors (Lipinski definition) is 2. The molecule has 2 rings (SSSR count). The molecule has 0 bridgehead atoms. The van der Waals surface area contributed by atoms with Gasteiger partial charge in [-0.1, -0.05) is 12.1 Å². The number of hydrogen-bond acceptors (Lipinski definition) is 3. The Hall–Kier alpha value is -1.91. The Bertz CT molecular complexity index is 460. The molecule has 5 nitrogen and oxygen atoms in total. The lowest BCUT2D eigenvalue weighted by Crippen LogP contribution is -2.48. The van der Waals surface area contributed by atoms with Crippen LogP contribution < -0.4 is 20.1 Å². The molecule has 2 N–H and O–H groups in total. The number of urea groups is 1. The summed E-state index contributed by atoms with van der Waals surface area (Å²) < 4.78 is 11.0. The molecule has 0 spiro atoms. The Morgan fingerprint density at radius 2 is 2.26 bits per heavy atom. The molecule has 1 heterocycles. The van der Waals surface area contributed by atoms with Gasteiger partial charge >= 0.3 is 6.03 Å². The monoisotopic (exact) mass is 264 g/mol. The summed E-state index contributed by atoms with van der Waals surface area (Å²) in [7, 11) is 1.62. The number of benzene rings is 1. The summed E-state index contributed by atoms with van der Waals surface area (Å²) in [4.78, 5) is 11.7. The highest BCUT2D eigenvalue weighted by atomic mass is 16.5. The van der Waals surface area contributed by atoms with Crippen molar-refractivity contribution in [2.45, 2.75) is 32.4 Å². The number of para-hydroxylation sites is 1. The lowest BCUT2D eigenvalue weighted by molar-refractivity contribution is 0.208. The van der Waals surface area contributed by atoms with Gasteiger partial charge in [0, 0.05) is 11.6 Å². The Morgan fingerprint density at radius 3 is 2.95 bits per heavy atom. The molecule has 1 aliphatic rings. The molecular weight excluding hydrogens is 244 g/mol. The van der Waals surface area contributed by atoms with Gasteiger partial charge in [-0.15, -0.1) is 0 Å². The summed E-state index contributed by atoms with van der Waals surface area (Å²) in [6.07, 6.45) is 0.748. The summed E-state index contributed by atoms with van der Waals surface area (Å²) in [5, 5.41) is 5.72. The maximum atomic E-state index is 11.7. The van der Waals surface area contributed by atoms with Crippen molar-refractivity contribution in [1.82, 2.24) is 10.6 Å². The highest BCUT2D eigenvalue weighted by Crippen LogP contribution is 2.34. The maximum Gasteiger partial charge on any atom is 0.315 e. The lowest BCUT2D eigenvalue weighted by Gasteiger charge is -2.27. The van der Waals surface area contributed by atoms with Crippen molar-refractivity contribution in [2.75, 3.05) is 13.7 Å². The summed E-state index contributed by atoms with van der Waals surface area (Å²) in [6.45, 7) is 4.31. The van der Waals surface area contributed by atoms with E-state index in [1.54, 1.807) is 7.11 Å². The van der Waals surface area contributed by atoms with Gasteiger partial charge in [-0.3, -0.25) is 0 Å². The molecule has 0 fully saturated rings. The van der Waals surface area contributed by atoms with Crippen LogP contribution in [0.3, 0.4) is 0 Å². The minimum Gasteiger partial charge on any atom is -0.493 e. The van der Waals surface area contributed by atoms with E-state index in [1.165, 1.54) is 0 Å². The largest absolute Gasteiger partial charge is 0.493 e. The van der Waals surface area contributed by atoms with Crippen LogP contribution in [0.5, 0.6) is 11.5 Å². The maximum absolute atomic E-state index is 11.7. The SMILES string of the molecule is COc1cccc2c1OCC(NC(=O)NC(C)C)C2. The van der Waals surface area contributed by atoms with Gasteiger partial charge in [0.05, 0.1) is 13.2 Å². The second-order valence-corrected chi connectivity index (χ2v) is 4.93. The van der Waals surface area contributed by atoms with Gasteiger partial charge in [0.25, 0.3) is 0 Å². The van der Waals surface area contributed by atoms with E-state index in [1.807, 2.05) is 32.0 Å². The number of carbonyl (C=O) groups is 1. The Balaban J connectivity index is 2.00. The average molecular weight is 264 g/mol. The van der Waals surface area contributed by atoms with Crippen LogP contribution in [-0.4, -0.2) is 31.8 Å². The first-order valence-corrected chi connectivity index (χ1v) is 6.46. The number of fused-ring (bicyclic) bond motifs is 1. The standard InChI is InChI=1S/C14H20N2O3/c1-9(2)15-14(17)16-11-7-10-5-4-6-12(18-3)13(10)19-8-11/h4-6,9,11H,7-8H2,1-3H3,(H2,15,16,17). The molecule has 19 heavy (non-hydrogen) atoms. The Morgan fingerprint density at radius 1 is 1.47 bits per heavy atom. The van der Waals surface area contributed by atoms with Gasteiger partial charge in [-0.25, -0.2) is 4.79 Å². The first kappa shape index (κ1) is 13.5. The number of carbonyl (C=O) groups excluding carboxylic acids is 1. The Kier molecular flexibility index (Phi) is 4.14. The second kappa shape index (κ2) is 5.82. The van der Waals surface area contributed by atoms with Gasteiger partial charge in [0.2, 0.25) is 0 Å². The summed E-state index contributed by atoms with van der Waals surface area (Å²) >= 11 is 0. The summed E-state index contributed by atoms with van der Waals surface area (Å²) in [5.74, 6) is 1.52. The smallest absolute Gasteiger partial charge is 0.315 e. The number of amides is 2. The van der Waals surface area contributed by atoms with E-state index in [0.717, 1.165) is 23.5 Å². The van der Waals surface area contributed by atoms with Crippen molar-refractivity contribution in [2.24, 2.45) is 0 Å². The minimum atomic E-state index is -0.157. The van der Waals surface area contributed by atoms with Crippen LogP contribution in [0.2, 0.25) is 0 Å². The molecule has 1 aliphatic heterocycles. The van der Waals surface area contributed by atoms with E-state index in [0.29, 0.717) is 6.61 Å². The van der Waals surface area contributed by atoms with Crippen LogP contribution in [0.15, 0.2) is 18.2 Å². The van der Waals surface area contributed by atoms with Crippen molar-refractivity contribution in [1.29, 1.82) is 0 Å². The summed E-state index contributed by atoms with van der Waals surface area (Å²) in [5.41, 5.74) is 1.06. The quantitative estimate of drug-likeness (QED) is 0.873. The third kappa shape index (κ3) is 3.30. The molecule has 1 unspecified atom stereocenters. The van der Waals surface area contributed by atoms with Crippen molar-refractivity contribution in [3.05, 3.63) is 23.8 Å². The first-order chi connectivity index (χ1) is 9.10. The van der Waals surface area contributed by atoms with Crippen molar-refractivity contribution < 1.29 is 14.3 Å². The van der Waals surface area contributed by atoms with E-state index in [9.17, 15) is 4.79 Å². The number of nitrogens with one attached hydrogen (secondary N) is 2. The van der Waals surface area contributed by atoms with Gasteiger partial charge in [-0.2, -0.15) is 0 Å². The molecule has 1 aromatic carbocycles. The third-order valence-electron chi connectivity index (χ3n) is 2.93. The van der Waals surface area contributed by atoms with Gasteiger partial charge in [0.15, 0.2) is 11.5 Å². The van der Waals surface area contributed by atoms with Crippen molar-refractivity contribution in [3.8, 4) is 11.5 Å². The van der Waals surface area contributed by atoms with E-state index in [2.05, 4.69) is 10.6 Å². The molecule has 0 saturated heterocycles. The fraction of sp³-hybridized carbons (Fsp3) is 0.500. The highest BCUT2D eigenvalue weighted by molar-refractivity contribution is 5.74. The average Bonchev–Trinajstić information content (AvgIpc) is 2.36. The Labute approximate surface area is 113 Å². The predicted octanol–water partition coefficient (Wildman–Crippen LogP) is 1.71. The fourth-order valence-corrected chi connectivity index (χ4v) is 2.14. The molecule has 0 aliphatic carbocycles. The highest BCUT2D eigenvalue weighted by Gasteiger charge is 2.23. The zero-order chi connectivity index (χ0) is 13.8. The molecule has 104 valence electrons. The minimum absolute atomic E-state index is 0.0154. The molecule has 2 amide bonds. The van der Waals surface area contributed by atoms with Crippen LogP contribution in [0.4, 0.5) is 4.79 Å². The molecule has 1 atom stereocenters. The molecule has 0 saturated carbocycles. The number of methoxy groups -OCH3 is 1. The van der Waals surface area contributed by atoms with Crippen molar-refractivity contribution >= 4 is 6.03 Å². The van der Waals surface area contributed by atoms with Crippen molar-refractivity contribution in [3.63, 3.8) is 0 Å². The summed E-state index contributed by atoms with van der Waals surface area (Å²) in [6, 6.07) is 5.74. The molecule has 5 heteroatoms. The van der Waals surface area contributed by atoms with Crippen LogP contribution in [0.25, 0.3) is 0 Å². The van der Waals surface area contributed by atoms with Gasteiger partial charge < -0.3 is 20.1 Å². The van der Waals surface area contributed by atoms with Crippen LogP contribution >= 0.6 is 0 Å². The normalized spacial score (nSPS) is 17.4. The van der Waals surface area contributed by atoms with Gasteiger partial charge in [-0.05, 0) is 26.3 Å². The molecule has 1 aromatic rings. The topological polar surface area (TPSA) is 59.6 Å². The molecular formula is C14H20N2O3. The first-order valence-electron chi connectivity index (χ1n) is 6.46. The molecule has 0 aromatic heterocycles. The lowest BCUT2D eigenvalue weighted by atomic mass is 10.0. The van der Waals surface area contributed by atoms with Crippen LogP contribution in [-0.2, 0) is 6.42 Å². The molecule has 0 radical (unpaired) electrons. The van der Waals surface area contributed by atoms with Gasteiger partial charge in [0.1, 0.15) is 6.61 Å². The second-order valence-electron chi connectivity index (χ2n) is 4.93. The third-order valence-corrected chi connectivity index (χ3v) is 2.93. The van der Waals surface area contributed by atoms with Crippen LogP contribution in [0, 0.1) is 0 Å². The van der Waals surface area contributed by atoms with E-state index >= 15 is 0 Å². The number of rotatable bonds is 3. The predicted molar refractivity (Wildman–Crippen MR) is 72.8 cm³/mol.